The lowest BCUT2D eigenvalue weighted by Crippen LogP contribution is -2.39. The van der Waals surface area contributed by atoms with E-state index in [4.69, 9.17) is 9.40 Å². The molecule has 0 saturated carbocycles. The predicted molar refractivity (Wildman–Crippen MR) is 90.4 cm³/mol. The molecule has 0 unspecified atom stereocenters. The molecule has 0 aromatic carbocycles. The quantitative estimate of drug-likeness (QED) is 0.799. The summed E-state index contributed by atoms with van der Waals surface area (Å²) in [6, 6.07) is 5.76. The van der Waals surface area contributed by atoms with Gasteiger partial charge in [-0.3, -0.25) is 4.98 Å². The largest absolute Gasteiger partial charge is 0.472 e. The zero-order chi connectivity index (χ0) is 16.4. The van der Waals surface area contributed by atoms with Crippen LogP contribution in [0.3, 0.4) is 0 Å². The first-order valence-electron chi connectivity index (χ1n) is 8.04. The SMILES string of the molecule is O[C@@H]1CCCN(c2ncc(-c3ccncc3)c(-c3ccoc3)n2)C1. The molecule has 0 spiro atoms. The summed E-state index contributed by atoms with van der Waals surface area (Å²) in [7, 11) is 0. The van der Waals surface area contributed by atoms with E-state index in [0.29, 0.717) is 12.5 Å². The summed E-state index contributed by atoms with van der Waals surface area (Å²) in [5.74, 6) is 0.641. The zero-order valence-corrected chi connectivity index (χ0v) is 13.2. The average molecular weight is 322 g/mol. The van der Waals surface area contributed by atoms with Crippen LogP contribution in [-0.2, 0) is 0 Å². The molecule has 0 bridgehead atoms. The minimum Gasteiger partial charge on any atom is -0.472 e. The maximum atomic E-state index is 9.91. The maximum absolute atomic E-state index is 9.91. The van der Waals surface area contributed by atoms with Gasteiger partial charge in [0.25, 0.3) is 0 Å². The van der Waals surface area contributed by atoms with Crippen LogP contribution >= 0.6 is 0 Å². The van der Waals surface area contributed by atoms with Crippen molar-refractivity contribution in [1.82, 2.24) is 15.0 Å². The van der Waals surface area contributed by atoms with Gasteiger partial charge in [0, 0.05) is 42.8 Å². The van der Waals surface area contributed by atoms with E-state index in [-0.39, 0.29) is 6.10 Å². The van der Waals surface area contributed by atoms with Crippen LogP contribution in [0.15, 0.2) is 53.7 Å². The molecule has 4 heterocycles. The summed E-state index contributed by atoms with van der Waals surface area (Å²) in [6.07, 6.45) is 10.1. The van der Waals surface area contributed by atoms with Crippen molar-refractivity contribution in [2.45, 2.75) is 18.9 Å². The normalized spacial score (nSPS) is 17.9. The van der Waals surface area contributed by atoms with Crippen LogP contribution in [0, 0.1) is 0 Å². The van der Waals surface area contributed by atoms with Gasteiger partial charge in [-0.1, -0.05) is 0 Å². The molecular weight excluding hydrogens is 304 g/mol. The molecule has 24 heavy (non-hydrogen) atoms. The van der Waals surface area contributed by atoms with Crippen LogP contribution in [0.5, 0.6) is 0 Å². The van der Waals surface area contributed by atoms with Gasteiger partial charge in [-0.25, -0.2) is 9.97 Å². The molecule has 3 aromatic rings. The predicted octanol–water partition coefficient (Wildman–Crippen LogP) is 2.76. The summed E-state index contributed by atoms with van der Waals surface area (Å²) >= 11 is 0. The smallest absolute Gasteiger partial charge is 0.225 e. The molecule has 1 N–H and O–H groups in total. The van der Waals surface area contributed by atoms with Crippen molar-refractivity contribution in [3.8, 4) is 22.4 Å². The molecule has 6 heteroatoms. The van der Waals surface area contributed by atoms with Crippen molar-refractivity contribution in [1.29, 1.82) is 0 Å². The molecule has 1 aliphatic heterocycles. The van der Waals surface area contributed by atoms with Crippen LogP contribution in [0.1, 0.15) is 12.8 Å². The Kier molecular flexibility index (Phi) is 3.96. The van der Waals surface area contributed by atoms with Gasteiger partial charge in [-0.15, -0.1) is 0 Å². The number of β-amino-alcohol motifs (C(OH)–C–C–N with tert-alkyl or cyclic N) is 1. The topological polar surface area (TPSA) is 75.3 Å². The van der Waals surface area contributed by atoms with Crippen LogP contribution in [0.4, 0.5) is 5.95 Å². The second-order valence-corrected chi connectivity index (χ2v) is 5.92. The number of pyridine rings is 1. The van der Waals surface area contributed by atoms with Crippen LogP contribution < -0.4 is 4.90 Å². The van der Waals surface area contributed by atoms with Crippen molar-refractivity contribution in [2.75, 3.05) is 18.0 Å². The summed E-state index contributed by atoms with van der Waals surface area (Å²) < 4.78 is 5.24. The highest BCUT2D eigenvalue weighted by Gasteiger charge is 2.21. The van der Waals surface area contributed by atoms with Gasteiger partial charge in [-0.2, -0.15) is 0 Å². The van der Waals surface area contributed by atoms with Crippen molar-refractivity contribution < 1.29 is 9.52 Å². The van der Waals surface area contributed by atoms with E-state index in [1.54, 1.807) is 24.9 Å². The molecule has 1 fully saturated rings. The van der Waals surface area contributed by atoms with Gasteiger partial charge >= 0.3 is 0 Å². The third kappa shape index (κ3) is 2.88. The first kappa shape index (κ1) is 14.8. The summed E-state index contributed by atoms with van der Waals surface area (Å²) in [6.45, 7) is 1.43. The Labute approximate surface area is 139 Å². The Balaban J connectivity index is 1.78. The highest BCUT2D eigenvalue weighted by Crippen LogP contribution is 2.31. The number of aliphatic hydroxyl groups is 1. The molecular formula is C18H18N4O2. The summed E-state index contributed by atoms with van der Waals surface area (Å²) in [4.78, 5) is 15.4. The average Bonchev–Trinajstić information content (AvgIpc) is 3.16. The standard InChI is InChI=1S/C18H18N4O2/c23-15-2-1-8-22(11-15)18-20-10-16(13-3-6-19-7-4-13)17(21-18)14-5-9-24-12-14/h3-7,9-10,12,15,23H,1-2,8,11H2/t15-/m1/s1. The van der Waals surface area contributed by atoms with Crippen molar-refractivity contribution >= 4 is 5.95 Å². The Hall–Kier alpha value is -2.73. The number of furan rings is 1. The second-order valence-electron chi connectivity index (χ2n) is 5.92. The highest BCUT2D eigenvalue weighted by molar-refractivity contribution is 5.80. The second kappa shape index (κ2) is 6.41. The van der Waals surface area contributed by atoms with Crippen molar-refractivity contribution in [2.24, 2.45) is 0 Å². The molecule has 1 saturated heterocycles. The summed E-state index contributed by atoms with van der Waals surface area (Å²) in [5.41, 5.74) is 3.66. The zero-order valence-electron chi connectivity index (χ0n) is 13.2. The fourth-order valence-corrected chi connectivity index (χ4v) is 3.02. The van der Waals surface area contributed by atoms with E-state index in [9.17, 15) is 5.11 Å². The molecule has 0 radical (unpaired) electrons. The Morgan fingerprint density at radius 2 is 2.04 bits per heavy atom. The first-order valence-corrected chi connectivity index (χ1v) is 8.04. The van der Waals surface area contributed by atoms with Gasteiger partial charge in [-0.05, 0) is 36.6 Å². The maximum Gasteiger partial charge on any atom is 0.225 e. The number of rotatable bonds is 3. The molecule has 6 nitrogen and oxygen atoms in total. The Morgan fingerprint density at radius 1 is 1.17 bits per heavy atom. The number of anilines is 1. The van der Waals surface area contributed by atoms with Crippen molar-refractivity contribution in [3.63, 3.8) is 0 Å². The van der Waals surface area contributed by atoms with Gasteiger partial charge < -0.3 is 14.4 Å². The van der Waals surface area contributed by atoms with Gasteiger partial charge in [0.2, 0.25) is 5.95 Å². The molecule has 4 rings (SSSR count). The number of aliphatic hydroxyl groups excluding tert-OH is 1. The summed E-state index contributed by atoms with van der Waals surface area (Å²) in [5, 5.41) is 9.91. The van der Waals surface area contributed by atoms with E-state index in [1.807, 2.05) is 29.3 Å². The minimum absolute atomic E-state index is 0.320. The Morgan fingerprint density at radius 3 is 2.79 bits per heavy atom. The van der Waals surface area contributed by atoms with Gasteiger partial charge in [0.1, 0.15) is 0 Å². The van der Waals surface area contributed by atoms with E-state index < -0.39 is 0 Å². The first-order chi connectivity index (χ1) is 11.8. The third-order valence-corrected chi connectivity index (χ3v) is 4.24. The van der Waals surface area contributed by atoms with Crippen LogP contribution in [0.2, 0.25) is 0 Å². The highest BCUT2D eigenvalue weighted by atomic mass is 16.3. The number of hydrogen-bond acceptors (Lipinski definition) is 6. The van der Waals surface area contributed by atoms with E-state index in [0.717, 1.165) is 41.8 Å². The van der Waals surface area contributed by atoms with Gasteiger partial charge in [0.05, 0.1) is 24.3 Å². The van der Waals surface area contributed by atoms with E-state index >= 15 is 0 Å². The monoisotopic (exact) mass is 322 g/mol. The van der Waals surface area contributed by atoms with Crippen LogP contribution in [-0.4, -0.2) is 39.3 Å². The number of hydrogen-bond donors (Lipinski definition) is 1. The number of piperidine rings is 1. The number of nitrogens with zero attached hydrogens (tertiary/aromatic N) is 4. The molecule has 1 atom stereocenters. The molecule has 1 aliphatic rings. The molecule has 122 valence electrons. The van der Waals surface area contributed by atoms with E-state index in [1.165, 1.54) is 0 Å². The van der Waals surface area contributed by atoms with Crippen LogP contribution in [0.25, 0.3) is 22.4 Å². The van der Waals surface area contributed by atoms with Crippen molar-refractivity contribution in [3.05, 3.63) is 49.3 Å². The lowest BCUT2D eigenvalue weighted by atomic mass is 10.0. The fourth-order valence-electron chi connectivity index (χ4n) is 3.02. The van der Waals surface area contributed by atoms with Gasteiger partial charge in [0.15, 0.2) is 0 Å². The lowest BCUT2D eigenvalue weighted by Gasteiger charge is -2.30. The van der Waals surface area contributed by atoms with E-state index in [2.05, 4.69) is 9.97 Å². The lowest BCUT2D eigenvalue weighted by molar-refractivity contribution is 0.153. The molecule has 3 aromatic heterocycles. The number of aromatic nitrogens is 3. The fraction of sp³-hybridized carbons (Fsp3) is 0.278. The molecule has 0 aliphatic carbocycles. The Bertz CT molecular complexity index is 805. The molecule has 0 amide bonds. The minimum atomic E-state index is -0.320. The third-order valence-electron chi connectivity index (χ3n) is 4.24.